The Kier molecular flexibility index (Phi) is 4.68. The van der Waals surface area contributed by atoms with Crippen LogP contribution < -0.4 is 5.32 Å². The predicted octanol–water partition coefficient (Wildman–Crippen LogP) is 3.06. The number of pyridine rings is 1. The quantitative estimate of drug-likeness (QED) is 0.560. The van der Waals surface area contributed by atoms with Crippen LogP contribution in [0.2, 0.25) is 0 Å². The highest BCUT2D eigenvalue weighted by atomic mass is 16.6. The van der Waals surface area contributed by atoms with Crippen LogP contribution >= 0.6 is 0 Å². The van der Waals surface area contributed by atoms with Gasteiger partial charge in [-0.15, -0.1) is 5.10 Å². The topological polar surface area (TPSA) is 116 Å². The van der Waals surface area contributed by atoms with Crippen molar-refractivity contribution in [1.29, 1.82) is 0 Å². The molecular formula is C18H18N6O3. The first-order valence-corrected chi connectivity index (χ1v) is 8.21. The van der Waals surface area contributed by atoms with Gasteiger partial charge in [0.25, 0.3) is 11.6 Å². The van der Waals surface area contributed by atoms with Crippen LogP contribution in [0.1, 0.15) is 33.1 Å². The number of anilines is 1. The number of nitrogens with one attached hydrogen (secondary N) is 1. The number of carbonyl (C=O) groups excluding carboxylic acids is 1. The Hall–Kier alpha value is -3.62. The fraction of sp³-hybridized carbons (Fsp3) is 0.222. The van der Waals surface area contributed by atoms with Crippen molar-refractivity contribution in [1.82, 2.24) is 20.0 Å². The number of nitrogens with zero attached hydrogens (tertiary/aromatic N) is 5. The summed E-state index contributed by atoms with van der Waals surface area (Å²) in [5.74, 6) is -0.416. The van der Waals surface area contributed by atoms with E-state index < -0.39 is 10.8 Å². The Labute approximate surface area is 155 Å². The fourth-order valence-corrected chi connectivity index (χ4v) is 2.91. The second-order valence-corrected chi connectivity index (χ2v) is 6.21. The largest absolute Gasteiger partial charge is 0.319 e. The van der Waals surface area contributed by atoms with Gasteiger partial charge < -0.3 is 5.32 Å². The summed E-state index contributed by atoms with van der Waals surface area (Å²) >= 11 is 0. The fourth-order valence-electron chi connectivity index (χ4n) is 2.91. The molecule has 2 aromatic heterocycles. The summed E-state index contributed by atoms with van der Waals surface area (Å²) in [4.78, 5) is 27.5. The highest BCUT2D eigenvalue weighted by Crippen LogP contribution is 2.22. The van der Waals surface area contributed by atoms with Gasteiger partial charge in [-0.2, -0.15) is 0 Å². The molecule has 0 bridgehead atoms. The number of aryl methyl sites for hydroxylation is 3. The SMILES string of the molecule is Cc1cc(C)c(NC(=O)c2nnn(-c3cccc([N+](=O)[O-])c3)c2C)c(C)n1. The molecule has 0 aliphatic heterocycles. The third-order valence-electron chi connectivity index (χ3n) is 4.16. The summed E-state index contributed by atoms with van der Waals surface area (Å²) in [6, 6.07) is 7.86. The molecule has 3 aromatic rings. The molecule has 1 N–H and O–H groups in total. The molecule has 1 aromatic carbocycles. The first kappa shape index (κ1) is 18.2. The standard InChI is InChI=1S/C18H18N6O3/c1-10-8-11(2)19-12(3)16(10)20-18(25)17-13(4)23(22-21-17)14-6-5-7-15(9-14)24(26)27/h5-9H,1-4H3,(H,20,25). The zero-order valence-electron chi connectivity index (χ0n) is 15.3. The monoisotopic (exact) mass is 366 g/mol. The maximum Gasteiger partial charge on any atom is 0.278 e. The number of hydrogen-bond donors (Lipinski definition) is 1. The second-order valence-electron chi connectivity index (χ2n) is 6.21. The number of benzene rings is 1. The first-order valence-electron chi connectivity index (χ1n) is 8.21. The molecule has 0 saturated heterocycles. The molecular weight excluding hydrogens is 348 g/mol. The van der Waals surface area contributed by atoms with E-state index in [2.05, 4.69) is 20.6 Å². The van der Waals surface area contributed by atoms with Gasteiger partial charge in [-0.05, 0) is 45.4 Å². The van der Waals surface area contributed by atoms with E-state index in [1.165, 1.54) is 16.8 Å². The summed E-state index contributed by atoms with van der Waals surface area (Å²) in [5.41, 5.74) is 4.12. The Morgan fingerprint density at radius 2 is 1.93 bits per heavy atom. The van der Waals surface area contributed by atoms with Crippen molar-refractivity contribution >= 4 is 17.3 Å². The molecule has 0 aliphatic rings. The van der Waals surface area contributed by atoms with Gasteiger partial charge in [0.2, 0.25) is 0 Å². The molecule has 9 nitrogen and oxygen atoms in total. The van der Waals surface area contributed by atoms with E-state index in [1.54, 1.807) is 19.1 Å². The van der Waals surface area contributed by atoms with Crippen molar-refractivity contribution < 1.29 is 9.72 Å². The zero-order valence-corrected chi connectivity index (χ0v) is 15.3. The lowest BCUT2D eigenvalue weighted by atomic mass is 10.1. The number of aromatic nitrogens is 4. The summed E-state index contributed by atoms with van der Waals surface area (Å²) in [6.07, 6.45) is 0. The molecule has 138 valence electrons. The van der Waals surface area contributed by atoms with Gasteiger partial charge in [0.1, 0.15) is 0 Å². The van der Waals surface area contributed by atoms with Crippen LogP contribution in [-0.2, 0) is 0 Å². The normalized spacial score (nSPS) is 10.7. The minimum absolute atomic E-state index is 0.0645. The molecule has 3 rings (SSSR count). The van der Waals surface area contributed by atoms with E-state index in [-0.39, 0.29) is 11.4 Å². The van der Waals surface area contributed by atoms with Crippen LogP contribution in [0.15, 0.2) is 30.3 Å². The lowest BCUT2D eigenvalue weighted by Crippen LogP contribution is -2.16. The molecule has 0 aliphatic carbocycles. The average Bonchev–Trinajstić information content (AvgIpc) is 2.99. The van der Waals surface area contributed by atoms with Crippen molar-refractivity contribution in [3.63, 3.8) is 0 Å². The highest BCUT2D eigenvalue weighted by molar-refractivity contribution is 6.04. The van der Waals surface area contributed by atoms with Crippen LogP contribution in [0.3, 0.4) is 0 Å². The van der Waals surface area contributed by atoms with Crippen LogP contribution in [0, 0.1) is 37.8 Å². The Balaban J connectivity index is 1.93. The van der Waals surface area contributed by atoms with Crippen LogP contribution in [-0.4, -0.2) is 30.8 Å². The van der Waals surface area contributed by atoms with Crippen molar-refractivity contribution in [3.05, 3.63) is 68.8 Å². The minimum atomic E-state index is -0.487. The maximum absolute atomic E-state index is 12.7. The highest BCUT2D eigenvalue weighted by Gasteiger charge is 2.20. The van der Waals surface area contributed by atoms with E-state index in [0.29, 0.717) is 22.8 Å². The summed E-state index contributed by atoms with van der Waals surface area (Å²) < 4.78 is 1.40. The summed E-state index contributed by atoms with van der Waals surface area (Å²) in [5, 5.41) is 21.7. The molecule has 1 amide bonds. The maximum atomic E-state index is 12.7. The minimum Gasteiger partial charge on any atom is -0.319 e. The summed E-state index contributed by atoms with van der Waals surface area (Å²) in [7, 11) is 0. The Bertz CT molecular complexity index is 1030. The number of hydrogen-bond acceptors (Lipinski definition) is 6. The van der Waals surface area contributed by atoms with E-state index in [1.807, 2.05) is 26.8 Å². The summed E-state index contributed by atoms with van der Waals surface area (Å²) in [6.45, 7) is 7.29. The molecule has 0 atom stereocenters. The van der Waals surface area contributed by atoms with Crippen molar-refractivity contribution in [2.75, 3.05) is 5.32 Å². The molecule has 0 fully saturated rings. The smallest absolute Gasteiger partial charge is 0.278 e. The number of carbonyl (C=O) groups is 1. The van der Waals surface area contributed by atoms with E-state index in [4.69, 9.17) is 0 Å². The molecule has 2 heterocycles. The van der Waals surface area contributed by atoms with Crippen LogP contribution in [0.4, 0.5) is 11.4 Å². The van der Waals surface area contributed by atoms with Crippen LogP contribution in [0.5, 0.6) is 0 Å². The van der Waals surface area contributed by atoms with Gasteiger partial charge >= 0.3 is 0 Å². The third-order valence-corrected chi connectivity index (χ3v) is 4.16. The number of rotatable bonds is 4. The van der Waals surface area contributed by atoms with Crippen LogP contribution in [0.25, 0.3) is 5.69 Å². The van der Waals surface area contributed by atoms with E-state index >= 15 is 0 Å². The molecule has 0 spiro atoms. The molecule has 27 heavy (non-hydrogen) atoms. The van der Waals surface area contributed by atoms with Gasteiger partial charge in [-0.1, -0.05) is 11.3 Å². The lowest BCUT2D eigenvalue weighted by Gasteiger charge is -2.11. The number of nitro benzene ring substituents is 1. The van der Waals surface area contributed by atoms with Crippen molar-refractivity contribution in [2.24, 2.45) is 0 Å². The van der Waals surface area contributed by atoms with Gasteiger partial charge in [-0.3, -0.25) is 19.9 Å². The first-order chi connectivity index (χ1) is 12.8. The second kappa shape index (κ2) is 6.94. The zero-order chi connectivity index (χ0) is 19.7. The Morgan fingerprint density at radius 3 is 2.59 bits per heavy atom. The molecule has 0 saturated carbocycles. The van der Waals surface area contributed by atoms with Gasteiger partial charge in [-0.25, -0.2) is 4.68 Å². The third kappa shape index (κ3) is 3.52. The Morgan fingerprint density at radius 1 is 1.19 bits per heavy atom. The van der Waals surface area contributed by atoms with Crippen molar-refractivity contribution in [3.8, 4) is 5.69 Å². The number of non-ortho nitro benzene ring substituents is 1. The predicted molar refractivity (Wildman–Crippen MR) is 99.2 cm³/mol. The van der Waals surface area contributed by atoms with E-state index in [9.17, 15) is 14.9 Å². The van der Waals surface area contributed by atoms with Gasteiger partial charge in [0.05, 0.1) is 27.7 Å². The lowest BCUT2D eigenvalue weighted by molar-refractivity contribution is -0.384. The van der Waals surface area contributed by atoms with Gasteiger partial charge in [0, 0.05) is 17.8 Å². The molecule has 9 heteroatoms. The van der Waals surface area contributed by atoms with Crippen molar-refractivity contribution in [2.45, 2.75) is 27.7 Å². The number of amides is 1. The molecule has 0 radical (unpaired) electrons. The average molecular weight is 366 g/mol. The molecule has 0 unspecified atom stereocenters. The van der Waals surface area contributed by atoms with E-state index in [0.717, 1.165) is 11.3 Å². The van der Waals surface area contributed by atoms with Gasteiger partial charge in [0.15, 0.2) is 5.69 Å². The number of nitro groups is 1.